The molecule has 6 atom stereocenters. The van der Waals surface area contributed by atoms with Gasteiger partial charge in [-0.05, 0) is 61.7 Å². The van der Waals surface area contributed by atoms with E-state index in [4.69, 9.17) is 4.74 Å². The van der Waals surface area contributed by atoms with Crippen LogP contribution in [0.5, 0.6) is 0 Å². The third kappa shape index (κ3) is 2.49. The first kappa shape index (κ1) is 14.4. The van der Waals surface area contributed by atoms with Crippen molar-refractivity contribution < 1.29 is 14.6 Å². The maximum atomic E-state index is 12.3. The highest BCUT2D eigenvalue weighted by atomic mass is 16.5. The van der Waals surface area contributed by atoms with Crippen molar-refractivity contribution in [1.82, 2.24) is 0 Å². The molecule has 0 aromatic rings. The monoisotopic (exact) mass is 280 g/mol. The largest absolute Gasteiger partial charge is 0.465 e. The van der Waals surface area contributed by atoms with E-state index in [-0.39, 0.29) is 11.9 Å². The highest BCUT2D eigenvalue weighted by Gasteiger charge is 2.57. The van der Waals surface area contributed by atoms with Crippen LogP contribution in [0.1, 0.15) is 51.9 Å². The lowest BCUT2D eigenvalue weighted by Gasteiger charge is -2.30. The van der Waals surface area contributed by atoms with Crippen molar-refractivity contribution in [3.05, 3.63) is 0 Å². The van der Waals surface area contributed by atoms with Gasteiger partial charge in [0.2, 0.25) is 0 Å². The summed E-state index contributed by atoms with van der Waals surface area (Å²) in [4.78, 5) is 12.3. The summed E-state index contributed by atoms with van der Waals surface area (Å²) in [6, 6.07) is 0. The van der Waals surface area contributed by atoms with Gasteiger partial charge in [-0.3, -0.25) is 4.79 Å². The lowest BCUT2D eigenvalue weighted by atomic mass is 9.76. The average Bonchev–Trinajstić information content (AvgIpc) is 3.12. The second-order valence-corrected chi connectivity index (χ2v) is 7.22. The van der Waals surface area contributed by atoms with Gasteiger partial charge < -0.3 is 9.84 Å². The standard InChI is InChI=1S/C17H28O3/c1-2-3-4-5-20-17(19)16-9-12-8-15(16)14-7-11(10-18)6-13(12)14/h11-16,18H,2-10H2,1H3. The molecule has 3 fully saturated rings. The first-order chi connectivity index (χ1) is 9.74. The summed E-state index contributed by atoms with van der Waals surface area (Å²) in [7, 11) is 0. The Bertz CT molecular complexity index is 354. The van der Waals surface area contributed by atoms with Crippen molar-refractivity contribution in [2.24, 2.45) is 35.5 Å². The molecule has 0 aromatic heterocycles. The summed E-state index contributed by atoms with van der Waals surface area (Å²) in [5, 5.41) is 9.36. The molecule has 0 aromatic carbocycles. The van der Waals surface area contributed by atoms with Gasteiger partial charge in [0.05, 0.1) is 12.5 Å². The number of hydrogen-bond acceptors (Lipinski definition) is 3. The van der Waals surface area contributed by atoms with Crippen LogP contribution >= 0.6 is 0 Å². The van der Waals surface area contributed by atoms with Gasteiger partial charge in [0, 0.05) is 6.61 Å². The number of carbonyl (C=O) groups is 1. The molecule has 20 heavy (non-hydrogen) atoms. The van der Waals surface area contributed by atoms with Crippen molar-refractivity contribution in [2.75, 3.05) is 13.2 Å². The number of esters is 1. The van der Waals surface area contributed by atoms with E-state index in [2.05, 4.69) is 6.92 Å². The van der Waals surface area contributed by atoms with Gasteiger partial charge in [0.25, 0.3) is 0 Å². The highest BCUT2D eigenvalue weighted by Crippen LogP contribution is 2.62. The number of rotatable bonds is 6. The van der Waals surface area contributed by atoms with E-state index in [1.807, 2.05) is 0 Å². The molecule has 3 saturated carbocycles. The van der Waals surface area contributed by atoms with E-state index in [9.17, 15) is 9.90 Å². The van der Waals surface area contributed by atoms with Gasteiger partial charge in [0.1, 0.15) is 0 Å². The number of carbonyl (C=O) groups excluding carboxylic acids is 1. The molecule has 3 heteroatoms. The number of unbranched alkanes of at least 4 members (excludes halogenated alkanes) is 2. The van der Waals surface area contributed by atoms with Crippen LogP contribution in [0.25, 0.3) is 0 Å². The number of ether oxygens (including phenoxy) is 1. The topological polar surface area (TPSA) is 46.5 Å². The Morgan fingerprint density at radius 2 is 1.90 bits per heavy atom. The average molecular weight is 280 g/mol. The van der Waals surface area contributed by atoms with Crippen LogP contribution in [-0.4, -0.2) is 24.3 Å². The first-order valence-electron chi connectivity index (χ1n) is 8.52. The van der Waals surface area contributed by atoms with E-state index in [1.165, 1.54) is 12.8 Å². The molecule has 0 amide bonds. The molecule has 6 unspecified atom stereocenters. The zero-order chi connectivity index (χ0) is 14.1. The Morgan fingerprint density at radius 3 is 2.65 bits per heavy atom. The van der Waals surface area contributed by atoms with E-state index in [0.717, 1.165) is 43.9 Å². The van der Waals surface area contributed by atoms with Gasteiger partial charge in [-0.25, -0.2) is 0 Å². The predicted octanol–water partition coefficient (Wildman–Crippen LogP) is 3.01. The van der Waals surface area contributed by atoms with E-state index >= 15 is 0 Å². The number of aliphatic hydroxyl groups is 1. The molecular weight excluding hydrogens is 252 g/mol. The Kier molecular flexibility index (Phi) is 4.34. The molecule has 0 saturated heterocycles. The third-order valence-electron chi connectivity index (χ3n) is 6.12. The Morgan fingerprint density at radius 1 is 1.10 bits per heavy atom. The smallest absolute Gasteiger partial charge is 0.309 e. The van der Waals surface area contributed by atoms with Gasteiger partial charge >= 0.3 is 5.97 Å². The Labute approximate surface area is 122 Å². The molecule has 2 bridgehead atoms. The van der Waals surface area contributed by atoms with Gasteiger partial charge in [-0.15, -0.1) is 0 Å². The second kappa shape index (κ2) is 6.05. The summed E-state index contributed by atoms with van der Waals surface area (Å²) in [6.45, 7) is 3.10. The SMILES string of the molecule is CCCCCOC(=O)C1CC2CC1C1CC(CO)CC21. The molecule has 3 aliphatic carbocycles. The Balaban J connectivity index is 1.52. The summed E-state index contributed by atoms with van der Waals surface area (Å²) < 4.78 is 5.49. The van der Waals surface area contributed by atoms with E-state index in [1.54, 1.807) is 0 Å². The number of fused-ring (bicyclic) bond motifs is 5. The summed E-state index contributed by atoms with van der Waals surface area (Å²) in [5.41, 5.74) is 0. The molecular formula is C17H28O3. The van der Waals surface area contributed by atoms with Crippen LogP contribution in [-0.2, 0) is 9.53 Å². The van der Waals surface area contributed by atoms with Gasteiger partial charge in [-0.1, -0.05) is 19.8 Å². The first-order valence-corrected chi connectivity index (χ1v) is 8.52. The van der Waals surface area contributed by atoms with Crippen molar-refractivity contribution >= 4 is 5.97 Å². The minimum atomic E-state index is 0.0690. The van der Waals surface area contributed by atoms with Crippen LogP contribution in [0.4, 0.5) is 0 Å². The molecule has 0 radical (unpaired) electrons. The van der Waals surface area contributed by atoms with Crippen LogP contribution in [0.2, 0.25) is 0 Å². The lowest BCUT2D eigenvalue weighted by molar-refractivity contribution is -0.151. The van der Waals surface area contributed by atoms with Crippen molar-refractivity contribution in [3.8, 4) is 0 Å². The third-order valence-corrected chi connectivity index (χ3v) is 6.12. The molecule has 3 nitrogen and oxygen atoms in total. The van der Waals surface area contributed by atoms with E-state index in [0.29, 0.717) is 31.0 Å². The van der Waals surface area contributed by atoms with Crippen molar-refractivity contribution in [1.29, 1.82) is 0 Å². The summed E-state index contributed by atoms with van der Waals surface area (Å²) >= 11 is 0. The summed E-state index contributed by atoms with van der Waals surface area (Å²) in [5.74, 6) is 3.50. The van der Waals surface area contributed by atoms with E-state index < -0.39 is 0 Å². The summed E-state index contributed by atoms with van der Waals surface area (Å²) in [6.07, 6.45) is 7.94. The van der Waals surface area contributed by atoms with Gasteiger partial charge in [-0.2, -0.15) is 0 Å². The van der Waals surface area contributed by atoms with Gasteiger partial charge in [0.15, 0.2) is 0 Å². The quantitative estimate of drug-likeness (QED) is 0.601. The minimum Gasteiger partial charge on any atom is -0.465 e. The fourth-order valence-electron chi connectivity index (χ4n) is 5.24. The maximum absolute atomic E-state index is 12.3. The molecule has 0 spiro atoms. The lowest BCUT2D eigenvalue weighted by Crippen LogP contribution is -2.31. The molecule has 0 aliphatic heterocycles. The maximum Gasteiger partial charge on any atom is 0.309 e. The minimum absolute atomic E-state index is 0.0690. The molecule has 114 valence electrons. The van der Waals surface area contributed by atoms with Crippen LogP contribution in [0.3, 0.4) is 0 Å². The normalized spacial score (nSPS) is 41.9. The zero-order valence-electron chi connectivity index (χ0n) is 12.6. The molecule has 0 heterocycles. The van der Waals surface area contributed by atoms with Crippen LogP contribution in [0, 0.1) is 35.5 Å². The highest BCUT2D eigenvalue weighted by molar-refractivity contribution is 5.73. The molecule has 3 rings (SSSR count). The fraction of sp³-hybridized carbons (Fsp3) is 0.941. The molecule has 1 N–H and O–H groups in total. The number of aliphatic hydroxyl groups excluding tert-OH is 1. The Hall–Kier alpha value is -0.570. The molecule has 3 aliphatic rings. The van der Waals surface area contributed by atoms with Crippen LogP contribution < -0.4 is 0 Å². The van der Waals surface area contributed by atoms with Crippen molar-refractivity contribution in [2.45, 2.75) is 51.9 Å². The van der Waals surface area contributed by atoms with Crippen LogP contribution in [0.15, 0.2) is 0 Å². The number of hydrogen-bond donors (Lipinski definition) is 1. The van der Waals surface area contributed by atoms with Crippen molar-refractivity contribution in [3.63, 3.8) is 0 Å². The second-order valence-electron chi connectivity index (χ2n) is 7.22. The fourth-order valence-corrected chi connectivity index (χ4v) is 5.24. The zero-order valence-corrected chi connectivity index (χ0v) is 12.6. The predicted molar refractivity (Wildman–Crippen MR) is 77.0 cm³/mol.